The molecule has 1 aromatic heterocycles. The molecular formula is C16H24N2O3Si. The maximum absolute atomic E-state index is 10.7. The van der Waals surface area contributed by atoms with Crippen LogP contribution < -0.4 is 0 Å². The van der Waals surface area contributed by atoms with Crippen molar-refractivity contribution in [1.29, 1.82) is 0 Å². The van der Waals surface area contributed by atoms with Crippen molar-refractivity contribution in [3.8, 4) is 0 Å². The summed E-state index contributed by atoms with van der Waals surface area (Å²) in [6, 6.07) is 7.02. The van der Waals surface area contributed by atoms with Crippen LogP contribution in [0.2, 0.25) is 25.7 Å². The van der Waals surface area contributed by atoms with Crippen molar-refractivity contribution in [1.82, 2.24) is 9.55 Å². The van der Waals surface area contributed by atoms with Crippen molar-refractivity contribution < 1.29 is 14.6 Å². The molecule has 0 fully saturated rings. The van der Waals surface area contributed by atoms with Gasteiger partial charge in [0.15, 0.2) is 0 Å². The molecule has 0 radical (unpaired) electrons. The minimum Gasteiger partial charge on any atom is -0.481 e. The number of carbonyl (C=O) groups is 1. The molecular weight excluding hydrogens is 296 g/mol. The van der Waals surface area contributed by atoms with Gasteiger partial charge in [-0.2, -0.15) is 0 Å². The third kappa shape index (κ3) is 4.67. The first-order chi connectivity index (χ1) is 10.4. The zero-order valence-corrected chi connectivity index (χ0v) is 14.5. The Morgan fingerprint density at radius 3 is 2.82 bits per heavy atom. The van der Waals surface area contributed by atoms with Gasteiger partial charge in [-0.05, 0) is 24.1 Å². The molecule has 0 aliphatic carbocycles. The lowest BCUT2D eigenvalue weighted by molar-refractivity contribution is -0.136. The van der Waals surface area contributed by atoms with Gasteiger partial charge < -0.3 is 14.4 Å². The second kappa shape index (κ2) is 7.06. The van der Waals surface area contributed by atoms with Gasteiger partial charge in [0.2, 0.25) is 0 Å². The normalized spacial score (nSPS) is 12.0. The van der Waals surface area contributed by atoms with Crippen molar-refractivity contribution in [2.24, 2.45) is 0 Å². The fourth-order valence-corrected chi connectivity index (χ4v) is 2.99. The summed E-state index contributed by atoms with van der Waals surface area (Å²) < 4.78 is 7.74. The Hall–Kier alpha value is -1.66. The van der Waals surface area contributed by atoms with Crippen molar-refractivity contribution in [3.63, 3.8) is 0 Å². The first-order valence-corrected chi connectivity index (χ1v) is 11.3. The number of aryl methyl sites for hydroxylation is 1. The number of benzene rings is 1. The number of rotatable bonds is 8. The zero-order chi connectivity index (χ0) is 16.2. The van der Waals surface area contributed by atoms with Gasteiger partial charge in [0, 0.05) is 21.1 Å². The number of para-hydroxylation sites is 1. The number of ether oxygens (including phenoxy) is 1. The van der Waals surface area contributed by atoms with E-state index in [1.54, 1.807) is 6.33 Å². The average Bonchev–Trinajstić information content (AvgIpc) is 2.84. The molecule has 22 heavy (non-hydrogen) atoms. The Bertz CT molecular complexity index is 646. The van der Waals surface area contributed by atoms with Gasteiger partial charge in [0.25, 0.3) is 0 Å². The highest BCUT2D eigenvalue weighted by Gasteiger charge is 2.13. The summed E-state index contributed by atoms with van der Waals surface area (Å²) in [7, 11) is -1.07. The largest absolute Gasteiger partial charge is 0.481 e. The SMILES string of the molecule is C[Si](C)(C)CCOCn1cnc2c(CCC(=O)O)cccc21. The van der Waals surface area contributed by atoms with E-state index in [-0.39, 0.29) is 6.42 Å². The molecule has 0 spiro atoms. The number of nitrogens with zero attached hydrogens (tertiary/aromatic N) is 2. The molecule has 2 rings (SSSR count). The van der Waals surface area contributed by atoms with Gasteiger partial charge in [-0.1, -0.05) is 31.8 Å². The molecule has 0 atom stereocenters. The smallest absolute Gasteiger partial charge is 0.303 e. The van der Waals surface area contributed by atoms with E-state index in [1.165, 1.54) is 0 Å². The zero-order valence-electron chi connectivity index (χ0n) is 13.5. The number of carboxylic acid groups (broad SMARTS) is 1. The minimum atomic E-state index is -1.07. The summed E-state index contributed by atoms with van der Waals surface area (Å²) in [5, 5.41) is 8.82. The molecule has 0 amide bonds. The van der Waals surface area contributed by atoms with Gasteiger partial charge in [-0.15, -0.1) is 0 Å². The van der Waals surface area contributed by atoms with Crippen LogP contribution in [0.1, 0.15) is 12.0 Å². The van der Waals surface area contributed by atoms with E-state index in [0.717, 1.165) is 29.2 Å². The standard InChI is InChI=1S/C16H24N2O3Si/c1-22(2,3)10-9-21-12-18-11-17-16-13(7-8-15(19)20)5-4-6-14(16)18/h4-6,11H,7-10,12H2,1-3H3,(H,19,20). The van der Waals surface area contributed by atoms with Gasteiger partial charge >= 0.3 is 5.97 Å². The van der Waals surface area contributed by atoms with E-state index >= 15 is 0 Å². The van der Waals surface area contributed by atoms with Gasteiger partial charge in [0.1, 0.15) is 6.73 Å². The quantitative estimate of drug-likeness (QED) is 0.598. The molecule has 0 saturated carbocycles. The average molecular weight is 320 g/mol. The van der Waals surface area contributed by atoms with E-state index in [2.05, 4.69) is 24.6 Å². The maximum atomic E-state index is 10.7. The Morgan fingerprint density at radius 2 is 2.14 bits per heavy atom. The number of aromatic nitrogens is 2. The van der Waals surface area contributed by atoms with Crippen LogP contribution in [0.25, 0.3) is 11.0 Å². The second-order valence-corrected chi connectivity index (χ2v) is 12.4. The Balaban J connectivity index is 2.03. The summed E-state index contributed by atoms with van der Waals surface area (Å²) in [4.78, 5) is 15.1. The molecule has 2 aromatic rings. The van der Waals surface area contributed by atoms with Crippen LogP contribution in [0.3, 0.4) is 0 Å². The molecule has 0 bridgehead atoms. The molecule has 1 heterocycles. The molecule has 120 valence electrons. The van der Waals surface area contributed by atoms with Crippen molar-refractivity contribution in [2.45, 2.75) is 45.3 Å². The first-order valence-electron chi connectivity index (χ1n) is 7.59. The van der Waals surface area contributed by atoms with E-state index < -0.39 is 14.0 Å². The number of aliphatic carboxylic acids is 1. The highest BCUT2D eigenvalue weighted by molar-refractivity contribution is 6.76. The van der Waals surface area contributed by atoms with Gasteiger partial charge in [-0.3, -0.25) is 4.79 Å². The highest BCUT2D eigenvalue weighted by Crippen LogP contribution is 2.19. The van der Waals surface area contributed by atoms with Crippen molar-refractivity contribution >= 4 is 25.1 Å². The molecule has 1 N–H and O–H groups in total. The van der Waals surface area contributed by atoms with Gasteiger partial charge in [0.05, 0.1) is 17.4 Å². The molecule has 0 saturated heterocycles. The Morgan fingerprint density at radius 1 is 1.36 bits per heavy atom. The predicted molar refractivity (Wildman–Crippen MR) is 89.8 cm³/mol. The summed E-state index contributed by atoms with van der Waals surface area (Å²) in [5.74, 6) is -0.786. The molecule has 0 unspecified atom stereocenters. The lowest BCUT2D eigenvalue weighted by atomic mass is 10.1. The second-order valence-electron chi connectivity index (χ2n) is 6.74. The van der Waals surface area contributed by atoms with Gasteiger partial charge in [-0.25, -0.2) is 4.98 Å². The van der Waals surface area contributed by atoms with E-state index in [1.807, 2.05) is 22.8 Å². The van der Waals surface area contributed by atoms with Crippen LogP contribution in [0, 0.1) is 0 Å². The van der Waals surface area contributed by atoms with E-state index in [0.29, 0.717) is 13.2 Å². The van der Waals surface area contributed by atoms with Crippen LogP contribution in [-0.4, -0.2) is 35.3 Å². The highest BCUT2D eigenvalue weighted by atomic mass is 28.3. The molecule has 6 heteroatoms. The predicted octanol–water partition coefficient (Wildman–Crippen LogP) is 3.37. The van der Waals surface area contributed by atoms with Crippen LogP contribution in [0.15, 0.2) is 24.5 Å². The van der Waals surface area contributed by atoms with Crippen molar-refractivity contribution in [2.75, 3.05) is 6.61 Å². The van der Waals surface area contributed by atoms with Crippen LogP contribution >= 0.6 is 0 Å². The number of carboxylic acids is 1. The van der Waals surface area contributed by atoms with Crippen LogP contribution in [-0.2, 0) is 22.7 Å². The van der Waals surface area contributed by atoms with E-state index in [9.17, 15) is 4.79 Å². The number of hydrogen-bond acceptors (Lipinski definition) is 3. The van der Waals surface area contributed by atoms with Crippen molar-refractivity contribution in [3.05, 3.63) is 30.1 Å². The summed E-state index contributed by atoms with van der Waals surface area (Å²) in [6.07, 6.45) is 2.39. The molecule has 5 nitrogen and oxygen atoms in total. The third-order valence-corrected chi connectivity index (χ3v) is 5.27. The lowest BCUT2D eigenvalue weighted by Gasteiger charge is -2.15. The molecule has 0 aliphatic heterocycles. The number of hydrogen-bond donors (Lipinski definition) is 1. The summed E-state index contributed by atoms with van der Waals surface area (Å²) in [5.41, 5.74) is 2.84. The first kappa shape index (κ1) is 16.7. The van der Waals surface area contributed by atoms with Crippen LogP contribution in [0.5, 0.6) is 0 Å². The fourth-order valence-electron chi connectivity index (χ4n) is 2.24. The fraction of sp³-hybridized carbons (Fsp3) is 0.500. The Labute approximate surface area is 131 Å². The van der Waals surface area contributed by atoms with Crippen LogP contribution in [0.4, 0.5) is 0 Å². The van der Waals surface area contributed by atoms with E-state index in [4.69, 9.17) is 9.84 Å². The Kier molecular flexibility index (Phi) is 5.36. The molecule has 1 aromatic carbocycles. The lowest BCUT2D eigenvalue weighted by Crippen LogP contribution is -2.21. The summed E-state index contributed by atoms with van der Waals surface area (Å²) in [6.45, 7) is 8.25. The topological polar surface area (TPSA) is 64.4 Å². The molecule has 0 aliphatic rings. The summed E-state index contributed by atoms with van der Waals surface area (Å²) >= 11 is 0. The number of imidazole rings is 1. The third-order valence-electron chi connectivity index (χ3n) is 3.57. The number of fused-ring (bicyclic) bond motifs is 1. The monoisotopic (exact) mass is 320 g/mol. The maximum Gasteiger partial charge on any atom is 0.303 e. The minimum absolute atomic E-state index is 0.124.